The van der Waals surface area contributed by atoms with Crippen LogP contribution in [0.3, 0.4) is 0 Å². The summed E-state index contributed by atoms with van der Waals surface area (Å²) in [7, 11) is 0. The van der Waals surface area contributed by atoms with E-state index in [4.69, 9.17) is 16.3 Å². The molecule has 0 radical (unpaired) electrons. The number of hydrogen-bond donors (Lipinski definition) is 1. The van der Waals surface area contributed by atoms with Gasteiger partial charge < -0.3 is 4.74 Å². The second-order valence-corrected chi connectivity index (χ2v) is 7.23. The molecule has 7 nitrogen and oxygen atoms in total. The Balaban J connectivity index is 1.91. The molecule has 0 aliphatic rings. The minimum atomic E-state index is -0.473. The topological polar surface area (TPSA) is 81.9 Å². The first-order valence-electron chi connectivity index (χ1n) is 8.34. The average Bonchev–Trinajstić information content (AvgIpc) is 2.91. The highest BCUT2D eigenvalue weighted by Crippen LogP contribution is 2.24. The number of nitrogens with zero attached hydrogens (tertiary/aromatic N) is 4. The van der Waals surface area contributed by atoms with E-state index in [-0.39, 0.29) is 35.6 Å². The normalized spacial score (nSPS) is 11.7. The fourth-order valence-electron chi connectivity index (χ4n) is 2.37. The Kier molecular flexibility index (Phi) is 5.38. The number of fused-ring (bicyclic) bond motifs is 1. The first kappa shape index (κ1) is 19.2. The fourth-order valence-corrected chi connectivity index (χ4v) is 2.52. The summed E-state index contributed by atoms with van der Waals surface area (Å²) in [5.41, 5.74) is 0.598. The Morgan fingerprint density at radius 2 is 2.04 bits per heavy atom. The monoisotopic (exact) mass is 391 g/mol. The van der Waals surface area contributed by atoms with Gasteiger partial charge in [-0.2, -0.15) is 0 Å². The van der Waals surface area contributed by atoms with Gasteiger partial charge >= 0.3 is 0 Å². The predicted molar refractivity (Wildman–Crippen MR) is 101 cm³/mol. The maximum Gasteiger partial charge on any atom is 0.229 e. The van der Waals surface area contributed by atoms with Crippen LogP contribution in [0.1, 0.15) is 27.2 Å². The zero-order valence-corrected chi connectivity index (χ0v) is 15.9. The quantitative estimate of drug-likeness (QED) is 0.670. The van der Waals surface area contributed by atoms with Crippen molar-refractivity contribution in [2.75, 3.05) is 11.9 Å². The van der Waals surface area contributed by atoms with Gasteiger partial charge in [-0.3, -0.25) is 10.1 Å². The summed E-state index contributed by atoms with van der Waals surface area (Å²) < 4.78 is 20.3. The second-order valence-electron chi connectivity index (χ2n) is 6.84. The molecule has 0 aromatic carbocycles. The maximum atomic E-state index is 13.2. The number of halogens is 2. The van der Waals surface area contributed by atoms with E-state index in [0.717, 1.165) is 6.20 Å². The summed E-state index contributed by atoms with van der Waals surface area (Å²) >= 11 is 5.99. The van der Waals surface area contributed by atoms with Gasteiger partial charge in [0.15, 0.2) is 5.65 Å². The minimum absolute atomic E-state index is 0.158. The van der Waals surface area contributed by atoms with Crippen LogP contribution in [0.25, 0.3) is 17.0 Å². The Hall–Kier alpha value is -2.58. The molecule has 3 aromatic heterocycles. The number of imidazole rings is 1. The number of carbonyl (C=O) groups is 1. The summed E-state index contributed by atoms with van der Waals surface area (Å²) in [6, 6.07) is 6.02. The first-order chi connectivity index (χ1) is 12.7. The van der Waals surface area contributed by atoms with Gasteiger partial charge in [0, 0.05) is 0 Å². The van der Waals surface area contributed by atoms with Crippen LogP contribution >= 0.6 is 11.6 Å². The van der Waals surface area contributed by atoms with E-state index in [9.17, 15) is 9.18 Å². The third kappa shape index (κ3) is 4.78. The number of hydrogen-bond acceptors (Lipinski definition) is 5. The molecule has 0 bridgehead atoms. The summed E-state index contributed by atoms with van der Waals surface area (Å²) in [6.45, 7) is 6.02. The largest absolute Gasteiger partial charge is 0.375 e. The number of amides is 1. The van der Waals surface area contributed by atoms with Crippen LogP contribution in [0.2, 0.25) is 5.15 Å². The van der Waals surface area contributed by atoms with Crippen LogP contribution in [-0.4, -0.2) is 37.6 Å². The van der Waals surface area contributed by atoms with Crippen LogP contribution in [0.5, 0.6) is 0 Å². The molecular formula is C18H19ClFN5O2. The van der Waals surface area contributed by atoms with Crippen molar-refractivity contribution in [2.24, 2.45) is 0 Å². The molecule has 0 atom stereocenters. The van der Waals surface area contributed by atoms with Crippen molar-refractivity contribution in [2.45, 2.75) is 32.8 Å². The zero-order valence-electron chi connectivity index (χ0n) is 15.2. The number of ether oxygens (including phenoxy) is 1. The summed E-state index contributed by atoms with van der Waals surface area (Å²) in [4.78, 5) is 25.0. The zero-order chi connectivity index (χ0) is 19.6. The molecule has 1 amide bonds. The van der Waals surface area contributed by atoms with E-state index in [1.165, 1.54) is 16.7 Å². The fraction of sp³-hybridized carbons (Fsp3) is 0.333. The van der Waals surface area contributed by atoms with E-state index >= 15 is 0 Å². The van der Waals surface area contributed by atoms with Crippen molar-refractivity contribution in [3.8, 4) is 5.82 Å². The lowest BCUT2D eigenvalue weighted by Gasteiger charge is -2.19. The van der Waals surface area contributed by atoms with Crippen LogP contribution in [0, 0.1) is 5.82 Å². The Bertz CT molecular complexity index is 966. The van der Waals surface area contributed by atoms with Crippen molar-refractivity contribution in [3.05, 3.63) is 41.4 Å². The van der Waals surface area contributed by atoms with Gasteiger partial charge in [0.25, 0.3) is 0 Å². The molecule has 0 unspecified atom stereocenters. The lowest BCUT2D eigenvalue weighted by Crippen LogP contribution is -2.23. The maximum absolute atomic E-state index is 13.2. The first-order valence-corrected chi connectivity index (χ1v) is 8.71. The van der Waals surface area contributed by atoms with Crippen LogP contribution < -0.4 is 5.32 Å². The smallest absolute Gasteiger partial charge is 0.229 e. The summed E-state index contributed by atoms with van der Waals surface area (Å²) in [6.07, 6.45) is 1.24. The van der Waals surface area contributed by atoms with E-state index < -0.39 is 5.82 Å². The molecule has 27 heavy (non-hydrogen) atoms. The van der Waals surface area contributed by atoms with Crippen molar-refractivity contribution in [1.82, 2.24) is 19.5 Å². The van der Waals surface area contributed by atoms with Gasteiger partial charge in [-0.1, -0.05) is 11.6 Å². The lowest BCUT2D eigenvalue weighted by molar-refractivity contribution is -0.118. The lowest BCUT2D eigenvalue weighted by atomic mass is 10.2. The van der Waals surface area contributed by atoms with Gasteiger partial charge in [-0.15, -0.1) is 0 Å². The van der Waals surface area contributed by atoms with Crippen LogP contribution in [0.4, 0.5) is 10.3 Å². The van der Waals surface area contributed by atoms with E-state index in [1.807, 2.05) is 20.8 Å². The highest BCUT2D eigenvalue weighted by molar-refractivity contribution is 6.29. The molecule has 0 saturated heterocycles. The number of anilines is 1. The summed E-state index contributed by atoms with van der Waals surface area (Å²) in [5, 5.41) is 3.00. The molecule has 1 N–H and O–H groups in total. The number of carbonyl (C=O) groups excluding carboxylic acids is 1. The van der Waals surface area contributed by atoms with Crippen molar-refractivity contribution in [1.29, 1.82) is 0 Å². The van der Waals surface area contributed by atoms with E-state index in [1.54, 1.807) is 12.1 Å². The predicted octanol–water partition coefficient (Wildman–Crippen LogP) is 3.75. The Morgan fingerprint density at radius 1 is 1.26 bits per heavy atom. The van der Waals surface area contributed by atoms with Crippen LogP contribution in [0.15, 0.2) is 30.5 Å². The molecule has 0 fully saturated rings. The molecule has 3 heterocycles. The van der Waals surface area contributed by atoms with Gasteiger partial charge in [-0.25, -0.2) is 23.9 Å². The molecule has 0 aliphatic heterocycles. The summed E-state index contributed by atoms with van der Waals surface area (Å²) in [5.74, 6) is -0.169. The highest BCUT2D eigenvalue weighted by atomic mass is 35.5. The number of nitrogens with one attached hydrogen (secondary N) is 1. The van der Waals surface area contributed by atoms with Gasteiger partial charge in [0.1, 0.15) is 22.3 Å². The SMILES string of the molecule is CC(C)(C)OCCC(=O)Nc1nc2ccc(Cl)nc2n1-c1ccc(F)cn1. The van der Waals surface area contributed by atoms with Gasteiger partial charge in [0.2, 0.25) is 11.9 Å². The molecule has 0 aliphatic carbocycles. The van der Waals surface area contributed by atoms with Gasteiger partial charge in [-0.05, 0) is 45.0 Å². The van der Waals surface area contributed by atoms with Crippen molar-refractivity contribution >= 4 is 34.6 Å². The Labute approximate surface area is 160 Å². The number of pyridine rings is 2. The third-order valence-corrected chi connectivity index (χ3v) is 3.74. The van der Waals surface area contributed by atoms with Crippen LogP contribution in [-0.2, 0) is 9.53 Å². The second kappa shape index (κ2) is 7.58. The van der Waals surface area contributed by atoms with Crippen molar-refractivity contribution < 1.29 is 13.9 Å². The molecule has 3 rings (SSSR count). The van der Waals surface area contributed by atoms with E-state index in [2.05, 4.69) is 20.3 Å². The number of aromatic nitrogens is 4. The third-order valence-electron chi connectivity index (χ3n) is 3.53. The molecule has 0 saturated carbocycles. The molecule has 3 aromatic rings. The van der Waals surface area contributed by atoms with Crippen molar-refractivity contribution in [3.63, 3.8) is 0 Å². The minimum Gasteiger partial charge on any atom is -0.375 e. The standard InChI is InChI=1S/C18H19ClFN5O2/c1-18(2,3)27-9-8-15(26)24-17-22-12-5-6-13(19)23-16(12)25(17)14-7-4-11(20)10-21-14/h4-7,10H,8-9H2,1-3H3,(H,22,24,26). The molecular weight excluding hydrogens is 373 g/mol. The molecule has 9 heteroatoms. The average molecular weight is 392 g/mol. The molecule has 142 valence electrons. The number of rotatable bonds is 5. The molecule has 0 spiro atoms. The van der Waals surface area contributed by atoms with E-state index in [0.29, 0.717) is 17.0 Å². The Morgan fingerprint density at radius 3 is 2.70 bits per heavy atom. The van der Waals surface area contributed by atoms with Gasteiger partial charge in [0.05, 0.1) is 24.8 Å². The highest BCUT2D eigenvalue weighted by Gasteiger charge is 2.18.